The third-order valence-corrected chi connectivity index (χ3v) is 2.43. The SMILES string of the molecule is Cc1ncccc1-c1c(C(=O)O)cnn1C. The smallest absolute Gasteiger partial charge is 0.339 e. The number of carboxylic acid groups (broad SMARTS) is 1. The first-order valence-electron chi connectivity index (χ1n) is 4.78. The quantitative estimate of drug-likeness (QED) is 0.827. The highest BCUT2D eigenvalue weighted by Gasteiger charge is 2.18. The van der Waals surface area contributed by atoms with Crippen LogP contribution in [-0.4, -0.2) is 25.8 Å². The van der Waals surface area contributed by atoms with Gasteiger partial charge in [-0.25, -0.2) is 4.79 Å². The Balaban J connectivity index is 2.68. The summed E-state index contributed by atoms with van der Waals surface area (Å²) in [5, 5.41) is 13.0. The van der Waals surface area contributed by atoms with Crippen molar-refractivity contribution in [2.45, 2.75) is 6.92 Å². The standard InChI is InChI=1S/C11H11N3O2/c1-7-8(4-3-5-12-7)10-9(11(15)16)6-13-14(10)2/h3-6H,1-2H3,(H,15,16). The molecule has 0 aliphatic heterocycles. The molecule has 2 rings (SSSR count). The lowest BCUT2D eigenvalue weighted by molar-refractivity contribution is 0.0697. The Kier molecular flexibility index (Phi) is 2.44. The molecule has 0 saturated carbocycles. The highest BCUT2D eigenvalue weighted by molar-refractivity contribution is 5.95. The van der Waals surface area contributed by atoms with Crippen molar-refractivity contribution in [1.82, 2.24) is 14.8 Å². The minimum atomic E-state index is -0.980. The van der Waals surface area contributed by atoms with Crippen molar-refractivity contribution in [3.63, 3.8) is 0 Å². The van der Waals surface area contributed by atoms with Crippen LogP contribution in [0.2, 0.25) is 0 Å². The molecular weight excluding hydrogens is 206 g/mol. The first-order chi connectivity index (χ1) is 7.61. The molecule has 0 spiro atoms. The molecule has 5 heteroatoms. The molecule has 16 heavy (non-hydrogen) atoms. The van der Waals surface area contributed by atoms with Gasteiger partial charge in [0.2, 0.25) is 0 Å². The number of aromatic nitrogens is 3. The number of hydrogen-bond acceptors (Lipinski definition) is 3. The molecule has 2 aromatic rings. The molecule has 5 nitrogen and oxygen atoms in total. The van der Waals surface area contributed by atoms with E-state index in [-0.39, 0.29) is 5.56 Å². The Morgan fingerprint density at radius 1 is 1.50 bits per heavy atom. The van der Waals surface area contributed by atoms with E-state index < -0.39 is 5.97 Å². The third-order valence-electron chi connectivity index (χ3n) is 2.43. The Morgan fingerprint density at radius 3 is 2.88 bits per heavy atom. The number of carboxylic acids is 1. The summed E-state index contributed by atoms with van der Waals surface area (Å²) < 4.78 is 1.55. The van der Waals surface area contributed by atoms with Crippen LogP contribution in [0, 0.1) is 6.92 Å². The number of aryl methyl sites for hydroxylation is 2. The summed E-state index contributed by atoms with van der Waals surface area (Å²) in [5.41, 5.74) is 2.35. The van der Waals surface area contributed by atoms with E-state index in [1.165, 1.54) is 6.20 Å². The van der Waals surface area contributed by atoms with Crippen LogP contribution in [0.15, 0.2) is 24.5 Å². The minimum Gasteiger partial charge on any atom is -0.478 e. The lowest BCUT2D eigenvalue weighted by Gasteiger charge is -2.06. The maximum atomic E-state index is 11.0. The van der Waals surface area contributed by atoms with E-state index >= 15 is 0 Å². The van der Waals surface area contributed by atoms with Crippen LogP contribution >= 0.6 is 0 Å². The largest absolute Gasteiger partial charge is 0.478 e. The van der Waals surface area contributed by atoms with Gasteiger partial charge in [0.05, 0.1) is 11.9 Å². The van der Waals surface area contributed by atoms with Crippen molar-refractivity contribution in [3.8, 4) is 11.3 Å². The van der Waals surface area contributed by atoms with Crippen LogP contribution in [-0.2, 0) is 7.05 Å². The van der Waals surface area contributed by atoms with Crippen molar-refractivity contribution in [2.24, 2.45) is 7.05 Å². The van der Waals surface area contributed by atoms with Gasteiger partial charge in [-0.3, -0.25) is 9.67 Å². The van der Waals surface area contributed by atoms with Gasteiger partial charge in [0.25, 0.3) is 0 Å². The maximum absolute atomic E-state index is 11.0. The molecule has 2 heterocycles. The number of rotatable bonds is 2. The fourth-order valence-corrected chi connectivity index (χ4v) is 1.65. The van der Waals surface area contributed by atoms with Gasteiger partial charge in [0, 0.05) is 24.5 Å². The number of carbonyl (C=O) groups is 1. The van der Waals surface area contributed by atoms with Crippen molar-refractivity contribution in [3.05, 3.63) is 35.8 Å². The molecular formula is C11H11N3O2. The Bertz CT molecular complexity index is 546. The summed E-state index contributed by atoms with van der Waals surface area (Å²) in [5.74, 6) is -0.980. The molecule has 0 aliphatic carbocycles. The molecule has 0 fully saturated rings. The van der Waals surface area contributed by atoms with Crippen LogP contribution in [0.5, 0.6) is 0 Å². The van der Waals surface area contributed by atoms with E-state index in [0.29, 0.717) is 5.69 Å². The summed E-state index contributed by atoms with van der Waals surface area (Å²) in [6.07, 6.45) is 3.03. The van der Waals surface area contributed by atoms with E-state index in [4.69, 9.17) is 5.11 Å². The number of nitrogens with zero attached hydrogens (tertiary/aromatic N) is 3. The van der Waals surface area contributed by atoms with Gasteiger partial charge in [-0.2, -0.15) is 5.10 Å². The molecule has 0 saturated heterocycles. The van der Waals surface area contributed by atoms with Crippen molar-refractivity contribution < 1.29 is 9.90 Å². The normalized spacial score (nSPS) is 10.4. The molecule has 0 bridgehead atoms. The van der Waals surface area contributed by atoms with Gasteiger partial charge < -0.3 is 5.11 Å². The van der Waals surface area contributed by atoms with Gasteiger partial charge in [0.15, 0.2) is 0 Å². The molecule has 1 N–H and O–H groups in total. The zero-order valence-electron chi connectivity index (χ0n) is 9.01. The van der Waals surface area contributed by atoms with E-state index in [0.717, 1.165) is 11.3 Å². The lowest BCUT2D eigenvalue weighted by atomic mass is 10.1. The second-order valence-electron chi connectivity index (χ2n) is 3.47. The zero-order valence-corrected chi connectivity index (χ0v) is 9.01. The third kappa shape index (κ3) is 1.56. The lowest BCUT2D eigenvalue weighted by Crippen LogP contribution is -2.02. The second-order valence-corrected chi connectivity index (χ2v) is 3.47. The van der Waals surface area contributed by atoms with E-state index in [1.807, 2.05) is 13.0 Å². The molecule has 2 aromatic heterocycles. The summed E-state index contributed by atoms with van der Waals surface area (Å²) in [4.78, 5) is 15.2. The first-order valence-corrected chi connectivity index (χ1v) is 4.78. The fourth-order valence-electron chi connectivity index (χ4n) is 1.65. The zero-order chi connectivity index (χ0) is 11.7. The van der Waals surface area contributed by atoms with E-state index in [9.17, 15) is 4.79 Å². The summed E-state index contributed by atoms with van der Waals surface area (Å²) in [6, 6.07) is 3.62. The van der Waals surface area contributed by atoms with Crippen LogP contribution in [0.1, 0.15) is 16.1 Å². The average molecular weight is 217 g/mol. The van der Waals surface area contributed by atoms with Gasteiger partial charge in [-0.05, 0) is 19.1 Å². The van der Waals surface area contributed by atoms with E-state index in [1.54, 1.807) is 24.0 Å². The molecule has 0 aromatic carbocycles. The monoisotopic (exact) mass is 217 g/mol. The maximum Gasteiger partial charge on any atom is 0.339 e. The van der Waals surface area contributed by atoms with Crippen LogP contribution in [0.25, 0.3) is 11.3 Å². The van der Waals surface area contributed by atoms with E-state index in [2.05, 4.69) is 10.1 Å². The van der Waals surface area contributed by atoms with Gasteiger partial charge in [0.1, 0.15) is 5.56 Å². The fraction of sp³-hybridized carbons (Fsp3) is 0.182. The molecule has 0 unspecified atom stereocenters. The molecule has 82 valence electrons. The second kappa shape index (κ2) is 3.77. The average Bonchev–Trinajstić information content (AvgIpc) is 2.61. The van der Waals surface area contributed by atoms with Crippen molar-refractivity contribution in [1.29, 1.82) is 0 Å². The highest BCUT2D eigenvalue weighted by atomic mass is 16.4. The van der Waals surface area contributed by atoms with Crippen LogP contribution < -0.4 is 0 Å². The van der Waals surface area contributed by atoms with Gasteiger partial charge >= 0.3 is 5.97 Å². The number of pyridine rings is 1. The summed E-state index contributed by atoms with van der Waals surface area (Å²) >= 11 is 0. The first kappa shape index (κ1) is 10.4. The Labute approximate surface area is 92.4 Å². The van der Waals surface area contributed by atoms with Crippen molar-refractivity contribution >= 4 is 5.97 Å². The van der Waals surface area contributed by atoms with Gasteiger partial charge in [-0.15, -0.1) is 0 Å². The van der Waals surface area contributed by atoms with Crippen LogP contribution in [0.3, 0.4) is 0 Å². The van der Waals surface area contributed by atoms with Crippen molar-refractivity contribution in [2.75, 3.05) is 0 Å². The predicted octanol–water partition coefficient (Wildman–Crippen LogP) is 1.49. The molecule has 0 radical (unpaired) electrons. The summed E-state index contributed by atoms with van der Waals surface area (Å²) in [6.45, 7) is 1.84. The molecule has 0 atom stereocenters. The number of aromatic carboxylic acids is 1. The topological polar surface area (TPSA) is 68.0 Å². The molecule has 0 amide bonds. The highest BCUT2D eigenvalue weighted by Crippen LogP contribution is 2.24. The molecule has 0 aliphatic rings. The predicted molar refractivity (Wildman–Crippen MR) is 58.1 cm³/mol. The summed E-state index contributed by atoms with van der Waals surface area (Å²) in [7, 11) is 1.72. The van der Waals surface area contributed by atoms with Crippen LogP contribution in [0.4, 0.5) is 0 Å². The number of hydrogen-bond donors (Lipinski definition) is 1. The Morgan fingerprint density at radius 2 is 2.25 bits per heavy atom. The van der Waals surface area contributed by atoms with Gasteiger partial charge in [-0.1, -0.05) is 0 Å². The Hall–Kier alpha value is -2.17. The minimum absolute atomic E-state index is 0.193.